The van der Waals surface area contributed by atoms with Crippen LogP contribution in [0.15, 0.2) is 42.5 Å². The summed E-state index contributed by atoms with van der Waals surface area (Å²) in [5, 5.41) is 3.68. The SMILES string of the molecule is O=C1CCC(c2cccc(N3CCC4(CCCN(Cc5ccccc5Cl)C4=O)CC3)c2Cl)C(=O)N1. The second-order valence-electron chi connectivity index (χ2n) is 9.87. The van der Waals surface area contributed by atoms with Gasteiger partial charge in [-0.05, 0) is 55.4 Å². The Morgan fingerprint density at radius 2 is 1.71 bits per heavy atom. The van der Waals surface area contributed by atoms with E-state index in [4.69, 9.17) is 23.2 Å². The highest BCUT2D eigenvalue weighted by atomic mass is 35.5. The summed E-state index contributed by atoms with van der Waals surface area (Å²) in [5.74, 6) is -0.717. The van der Waals surface area contributed by atoms with Gasteiger partial charge in [-0.1, -0.05) is 53.5 Å². The molecule has 1 atom stereocenters. The average Bonchev–Trinajstić information content (AvgIpc) is 2.85. The van der Waals surface area contributed by atoms with Crippen LogP contribution in [0.3, 0.4) is 0 Å². The molecule has 6 nitrogen and oxygen atoms in total. The van der Waals surface area contributed by atoms with Crippen LogP contribution in [0.25, 0.3) is 0 Å². The molecule has 0 aromatic heterocycles. The summed E-state index contributed by atoms with van der Waals surface area (Å²) >= 11 is 13.2. The first-order chi connectivity index (χ1) is 16.9. The third kappa shape index (κ3) is 4.66. The van der Waals surface area contributed by atoms with Crippen molar-refractivity contribution < 1.29 is 14.4 Å². The van der Waals surface area contributed by atoms with Crippen LogP contribution < -0.4 is 10.2 Å². The van der Waals surface area contributed by atoms with E-state index in [1.165, 1.54) is 0 Å². The number of halogens is 2. The van der Waals surface area contributed by atoms with E-state index in [0.717, 1.165) is 62.1 Å². The molecule has 35 heavy (non-hydrogen) atoms. The number of anilines is 1. The Kier molecular flexibility index (Phi) is 6.78. The summed E-state index contributed by atoms with van der Waals surface area (Å²) in [7, 11) is 0. The summed E-state index contributed by atoms with van der Waals surface area (Å²) in [6, 6.07) is 13.5. The van der Waals surface area contributed by atoms with Crippen LogP contribution in [0.4, 0.5) is 5.69 Å². The van der Waals surface area contributed by atoms with Crippen molar-refractivity contribution in [1.82, 2.24) is 10.2 Å². The van der Waals surface area contributed by atoms with E-state index < -0.39 is 5.92 Å². The van der Waals surface area contributed by atoms with Crippen LogP contribution in [-0.2, 0) is 20.9 Å². The first-order valence-electron chi connectivity index (χ1n) is 12.3. The molecule has 1 unspecified atom stereocenters. The van der Waals surface area contributed by atoms with Crippen LogP contribution in [0, 0.1) is 5.41 Å². The highest BCUT2D eigenvalue weighted by Gasteiger charge is 2.46. The Morgan fingerprint density at radius 3 is 2.46 bits per heavy atom. The van der Waals surface area contributed by atoms with Crippen LogP contribution >= 0.6 is 23.2 Å². The summed E-state index contributed by atoms with van der Waals surface area (Å²) in [4.78, 5) is 41.8. The summed E-state index contributed by atoms with van der Waals surface area (Å²) < 4.78 is 0. The minimum atomic E-state index is -0.422. The highest BCUT2D eigenvalue weighted by molar-refractivity contribution is 6.34. The van der Waals surface area contributed by atoms with Crippen molar-refractivity contribution in [2.45, 2.75) is 51.0 Å². The molecule has 0 saturated carbocycles. The lowest BCUT2D eigenvalue weighted by Gasteiger charge is -2.47. The molecule has 3 saturated heterocycles. The molecule has 3 aliphatic rings. The maximum atomic E-state index is 13.6. The van der Waals surface area contributed by atoms with Crippen molar-refractivity contribution in [3.63, 3.8) is 0 Å². The van der Waals surface area contributed by atoms with Gasteiger partial charge >= 0.3 is 0 Å². The molecule has 2 aromatic carbocycles. The number of nitrogens with one attached hydrogen (secondary N) is 1. The molecule has 8 heteroatoms. The van der Waals surface area contributed by atoms with Gasteiger partial charge in [-0.3, -0.25) is 19.7 Å². The van der Waals surface area contributed by atoms with E-state index in [-0.39, 0.29) is 23.1 Å². The molecule has 184 valence electrons. The third-order valence-corrected chi connectivity index (χ3v) is 8.61. The maximum absolute atomic E-state index is 13.6. The molecule has 3 heterocycles. The minimum absolute atomic E-state index is 0.228. The molecular weight excluding hydrogens is 485 g/mol. The molecule has 0 bridgehead atoms. The number of hydrogen-bond donors (Lipinski definition) is 1. The van der Waals surface area contributed by atoms with Crippen LogP contribution in [0.2, 0.25) is 10.0 Å². The Morgan fingerprint density at radius 1 is 0.943 bits per heavy atom. The number of nitrogens with zero attached hydrogens (tertiary/aromatic N) is 2. The lowest BCUT2D eigenvalue weighted by molar-refractivity contribution is -0.148. The van der Waals surface area contributed by atoms with E-state index in [0.29, 0.717) is 29.4 Å². The lowest BCUT2D eigenvalue weighted by atomic mass is 9.71. The predicted octanol–water partition coefficient (Wildman–Crippen LogP) is 4.92. The number of carbonyl (C=O) groups excluding carboxylic acids is 3. The topological polar surface area (TPSA) is 69.7 Å². The van der Waals surface area contributed by atoms with E-state index in [2.05, 4.69) is 10.2 Å². The van der Waals surface area contributed by atoms with Crippen molar-refractivity contribution >= 4 is 46.6 Å². The fraction of sp³-hybridized carbons (Fsp3) is 0.444. The van der Waals surface area contributed by atoms with Gasteiger partial charge in [0.2, 0.25) is 17.7 Å². The van der Waals surface area contributed by atoms with Crippen LogP contribution in [-0.4, -0.2) is 42.3 Å². The molecule has 1 N–H and O–H groups in total. The van der Waals surface area contributed by atoms with Gasteiger partial charge < -0.3 is 9.80 Å². The van der Waals surface area contributed by atoms with Gasteiger partial charge in [0.15, 0.2) is 0 Å². The number of amides is 3. The highest BCUT2D eigenvalue weighted by Crippen LogP contribution is 2.44. The number of likely N-dealkylation sites (tertiary alicyclic amines) is 1. The first-order valence-corrected chi connectivity index (χ1v) is 13.0. The quantitative estimate of drug-likeness (QED) is 0.588. The van der Waals surface area contributed by atoms with E-state index in [1.54, 1.807) is 0 Å². The molecule has 0 aliphatic carbocycles. The fourth-order valence-corrected chi connectivity index (χ4v) is 6.39. The molecular formula is C27H29Cl2N3O3. The van der Waals surface area contributed by atoms with Gasteiger partial charge in [-0.2, -0.15) is 0 Å². The fourth-order valence-electron chi connectivity index (χ4n) is 5.82. The zero-order valence-electron chi connectivity index (χ0n) is 19.6. The summed E-state index contributed by atoms with van der Waals surface area (Å²) in [6.07, 6.45) is 4.21. The smallest absolute Gasteiger partial charge is 0.234 e. The van der Waals surface area contributed by atoms with Crippen molar-refractivity contribution in [1.29, 1.82) is 0 Å². The molecule has 0 radical (unpaired) electrons. The molecule has 3 amide bonds. The van der Waals surface area contributed by atoms with E-state index in [1.807, 2.05) is 47.4 Å². The Labute approximate surface area is 215 Å². The number of rotatable bonds is 4. The standard InChI is InChI=1S/C27H29Cl2N3O3/c28-21-7-2-1-5-18(21)17-32-14-4-11-27(26(32)35)12-15-31(16-13-27)22-8-3-6-19(24(22)29)20-9-10-23(33)30-25(20)34/h1-3,5-8,20H,4,9-17H2,(H,30,33,34). The zero-order chi connectivity index (χ0) is 24.6. The molecule has 3 aliphatic heterocycles. The largest absolute Gasteiger partial charge is 0.370 e. The van der Waals surface area contributed by atoms with Crippen molar-refractivity contribution in [3.8, 4) is 0 Å². The number of piperidine rings is 3. The first kappa shape index (κ1) is 24.1. The van der Waals surface area contributed by atoms with Gasteiger partial charge in [0.05, 0.1) is 22.0 Å². The second kappa shape index (κ2) is 9.82. The summed E-state index contributed by atoms with van der Waals surface area (Å²) in [5.41, 5.74) is 2.28. The Balaban J connectivity index is 1.29. The summed E-state index contributed by atoms with van der Waals surface area (Å²) in [6.45, 7) is 2.76. The van der Waals surface area contributed by atoms with Gasteiger partial charge in [0, 0.05) is 37.6 Å². The van der Waals surface area contributed by atoms with Crippen molar-refractivity contribution in [3.05, 3.63) is 63.6 Å². The molecule has 2 aromatic rings. The molecule has 3 fully saturated rings. The van der Waals surface area contributed by atoms with Crippen molar-refractivity contribution in [2.75, 3.05) is 24.5 Å². The monoisotopic (exact) mass is 513 g/mol. The maximum Gasteiger partial charge on any atom is 0.234 e. The Hall–Kier alpha value is -2.57. The molecule has 5 rings (SSSR count). The lowest BCUT2D eigenvalue weighted by Crippen LogP contribution is -2.53. The van der Waals surface area contributed by atoms with Crippen molar-refractivity contribution in [2.24, 2.45) is 5.41 Å². The predicted molar refractivity (Wildman–Crippen MR) is 137 cm³/mol. The van der Waals surface area contributed by atoms with Gasteiger partial charge in [-0.25, -0.2) is 0 Å². The third-order valence-electron chi connectivity index (χ3n) is 7.83. The Bertz CT molecular complexity index is 1160. The minimum Gasteiger partial charge on any atom is -0.370 e. The number of carbonyl (C=O) groups is 3. The van der Waals surface area contributed by atoms with Gasteiger partial charge in [-0.15, -0.1) is 0 Å². The number of hydrogen-bond acceptors (Lipinski definition) is 4. The van der Waals surface area contributed by atoms with E-state index >= 15 is 0 Å². The van der Waals surface area contributed by atoms with Crippen LogP contribution in [0.1, 0.15) is 55.6 Å². The average molecular weight is 514 g/mol. The zero-order valence-corrected chi connectivity index (χ0v) is 21.1. The van der Waals surface area contributed by atoms with Gasteiger partial charge in [0.25, 0.3) is 0 Å². The molecule has 1 spiro atoms. The van der Waals surface area contributed by atoms with E-state index in [9.17, 15) is 14.4 Å². The number of imide groups is 1. The normalized spacial score (nSPS) is 22.5. The number of benzene rings is 2. The van der Waals surface area contributed by atoms with Gasteiger partial charge in [0.1, 0.15) is 0 Å². The second-order valence-corrected chi connectivity index (χ2v) is 10.7. The van der Waals surface area contributed by atoms with Crippen LogP contribution in [0.5, 0.6) is 0 Å².